The summed E-state index contributed by atoms with van der Waals surface area (Å²) < 4.78 is 10.4. The van der Waals surface area contributed by atoms with Crippen molar-refractivity contribution in [1.29, 1.82) is 0 Å². The molecule has 0 N–H and O–H groups in total. The molecule has 2 fully saturated rings. The number of rotatable bonds is 3. The van der Waals surface area contributed by atoms with Crippen molar-refractivity contribution in [1.82, 2.24) is 15.0 Å². The maximum absolute atomic E-state index is 13.2. The van der Waals surface area contributed by atoms with E-state index in [1.54, 1.807) is 11.0 Å². The average Bonchev–Trinajstić information content (AvgIpc) is 3.41. The second-order valence-electron chi connectivity index (χ2n) is 7.16. The van der Waals surface area contributed by atoms with Crippen molar-refractivity contribution in [2.75, 3.05) is 19.6 Å². The first-order valence-corrected chi connectivity index (χ1v) is 9.18. The van der Waals surface area contributed by atoms with Crippen molar-refractivity contribution >= 4 is 11.8 Å². The number of carbonyl (C=O) groups excluding carboxylic acids is 2. The van der Waals surface area contributed by atoms with Gasteiger partial charge in [0.1, 0.15) is 6.26 Å². The first-order chi connectivity index (χ1) is 12.6. The van der Waals surface area contributed by atoms with Crippen LogP contribution in [-0.4, -0.2) is 46.4 Å². The summed E-state index contributed by atoms with van der Waals surface area (Å²) in [6.07, 6.45) is 6.45. The topological polar surface area (TPSA) is 79.8 Å². The summed E-state index contributed by atoms with van der Waals surface area (Å²) in [6.45, 7) is 3.75. The van der Waals surface area contributed by atoms with Crippen molar-refractivity contribution in [3.63, 3.8) is 0 Å². The van der Waals surface area contributed by atoms with Crippen LogP contribution in [0, 0.1) is 12.8 Å². The molecule has 4 heterocycles. The highest BCUT2D eigenvalue weighted by Crippen LogP contribution is 2.34. The van der Waals surface area contributed by atoms with Gasteiger partial charge in [0.2, 0.25) is 5.91 Å². The Labute approximate surface area is 151 Å². The van der Waals surface area contributed by atoms with Crippen molar-refractivity contribution in [3.8, 4) is 0 Å². The molecular formula is C19H23N3O4. The summed E-state index contributed by atoms with van der Waals surface area (Å²) in [6, 6.07) is 3.53. The summed E-state index contributed by atoms with van der Waals surface area (Å²) >= 11 is 0. The number of hydrogen-bond donors (Lipinski definition) is 0. The molecule has 2 atom stereocenters. The first kappa shape index (κ1) is 16.9. The molecule has 0 saturated carbocycles. The maximum Gasteiger partial charge on any atom is 0.257 e. The van der Waals surface area contributed by atoms with Gasteiger partial charge in [0, 0.05) is 25.7 Å². The van der Waals surface area contributed by atoms with Gasteiger partial charge in [0.15, 0.2) is 5.76 Å². The molecule has 26 heavy (non-hydrogen) atoms. The highest BCUT2D eigenvalue weighted by atomic mass is 16.5. The number of aromatic nitrogens is 1. The highest BCUT2D eigenvalue weighted by Gasteiger charge is 2.38. The fourth-order valence-corrected chi connectivity index (χ4v) is 4.03. The molecule has 0 aromatic carbocycles. The fourth-order valence-electron chi connectivity index (χ4n) is 4.03. The van der Waals surface area contributed by atoms with E-state index in [4.69, 9.17) is 8.94 Å². The van der Waals surface area contributed by atoms with Gasteiger partial charge in [0.05, 0.1) is 29.5 Å². The van der Waals surface area contributed by atoms with Gasteiger partial charge in [-0.05, 0) is 38.7 Å². The highest BCUT2D eigenvalue weighted by molar-refractivity contribution is 5.94. The van der Waals surface area contributed by atoms with Crippen LogP contribution in [0.5, 0.6) is 0 Å². The second-order valence-corrected chi connectivity index (χ2v) is 7.16. The number of amides is 2. The van der Waals surface area contributed by atoms with Gasteiger partial charge in [-0.3, -0.25) is 9.59 Å². The minimum absolute atomic E-state index is 0.0383. The van der Waals surface area contributed by atoms with Crippen molar-refractivity contribution < 1.29 is 18.5 Å². The molecule has 2 saturated heterocycles. The predicted octanol–water partition coefficient (Wildman–Crippen LogP) is 2.79. The SMILES string of the molecule is Cc1cc(C2CCCN2C(=O)C2CCCN(C(=O)c3ccoc3)C2)on1. The Morgan fingerprint density at radius 3 is 2.81 bits per heavy atom. The van der Waals surface area contributed by atoms with Gasteiger partial charge in [0.25, 0.3) is 5.91 Å². The lowest BCUT2D eigenvalue weighted by Crippen LogP contribution is -2.46. The van der Waals surface area contributed by atoms with Crippen LogP contribution in [0.1, 0.15) is 53.5 Å². The van der Waals surface area contributed by atoms with Crippen molar-refractivity contribution in [3.05, 3.63) is 41.7 Å². The number of nitrogens with zero attached hydrogens (tertiary/aromatic N) is 3. The van der Waals surface area contributed by atoms with Crippen LogP contribution in [0.25, 0.3) is 0 Å². The molecule has 0 radical (unpaired) electrons. The zero-order chi connectivity index (χ0) is 18.1. The quantitative estimate of drug-likeness (QED) is 0.844. The molecular weight excluding hydrogens is 334 g/mol. The minimum atomic E-state index is -0.163. The van der Waals surface area contributed by atoms with E-state index in [0.29, 0.717) is 18.7 Å². The van der Waals surface area contributed by atoms with E-state index in [2.05, 4.69) is 5.16 Å². The van der Waals surface area contributed by atoms with E-state index in [1.807, 2.05) is 17.9 Å². The molecule has 138 valence electrons. The molecule has 2 amide bonds. The molecule has 2 aliphatic heterocycles. The number of likely N-dealkylation sites (tertiary alicyclic amines) is 2. The molecule has 0 aliphatic carbocycles. The fraction of sp³-hybridized carbons (Fsp3) is 0.526. The van der Waals surface area contributed by atoms with E-state index >= 15 is 0 Å². The van der Waals surface area contributed by atoms with Gasteiger partial charge in [-0.25, -0.2) is 0 Å². The average molecular weight is 357 g/mol. The number of carbonyl (C=O) groups is 2. The molecule has 4 rings (SSSR count). The van der Waals surface area contributed by atoms with Crippen LogP contribution in [0.15, 0.2) is 33.6 Å². The van der Waals surface area contributed by atoms with Crippen LogP contribution >= 0.6 is 0 Å². The van der Waals surface area contributed by atoms with E-state index in [1.165, 1.54) is 12.5 Å². The van der Waals surface area contributed by atoms with Crippen molar-refractivity contribution in [2.24, 2.45) is 5.92 Å². The van der Waals surface area contributed by atoms with E-state index in [-0.39, 0.29) is 23.8 Å². The first-order valence-electron chi connectivity index (χ1n) is 9.18. The molecule has 0 spiro atoms. The van der Waals surface area contributed by atoms with Crippen LogP contribution in [-0.2, 0) is 4.79 Å². The van der Waals surface area contributed by atoms with Crippen LogP contribution in [0.2, 0.25) is 0 Å². The molecule has 2 unspecified atom stereocenters. The van der Waals surface area contributed by atoms with Gasteiger partial charge < -0.3 is 18.7 Å². The lowest BCUT2D eigenvalue weighted by Gasteiger charge is -2.35. The Kier molecular flexibility index (Phi) is 4.53. The second kappa shape index (κ2) is 6.97. The normalized spacial score (nSPS) is 23.4. The Balaban J connectivity index is 1.46. The Hall–Kier alpha value is -2.57. The number of aryl methyl sites for hydroxylation is 1. The van der Waals surface area contributed by atoms with Crippen LogP contribution < -0.4 is 0 Å². The maximum atomic E-state index is 13.2. The molecule has 2 aromatic rings. The summed E-state index contributed by atoms with van der Waals surface area (Å²) in [5.41, 5.74) is 1.36. The van der Waals surface area contributed by atoms with E-state index < -0.39 is 0 Å². The largest absolute Gasteiger partial charge is 0.472 e. The number of piperidine rings is 1. The van der Waals surface area contributed by atoms with Gasteiger partial charge >= 0.3 is 0 Å². The Morgan fingerprint density at radius 2 is 2.08 bits per heavy atom. The number of furan rings is 1. The third-order valence-corrected chi connectivity index (χ3v) is 5.34. The zero-order valence-corrected chi connectivity index (χ0v) is 14.9. The predicted molar refractivity (Wildman–Crippen MR) is 92.3 cm³/mol. The summed E-state index contributed by atoms with van der Waals surface area (Å²) in [5, 5.41) is 3.96. The zero-order valence-electron chi connectivity index (χ0n) is 14.9. The van der Waals surface area contributed by atoms with Crippen LogP contribution in [0.4, 0.5) is 0 Å². The standard InChI is InChI=1S/C19H23N3O4/c1-13-10-17(26-20-13)16-5-3-8-22(16)19(24)14-4-2-7-21(11-14)18(23)15-6-9-25-12-15/h6,9-10,12,14,16H,2-5,7-8,11H2,1H3. The van der Waals surface area contributed by atoms with E-state index in [0.717, 1.165) is 43.7 Å². The van der Waals surface area contributed by atoms with Crippen LogP contribution in [0.3, 0.4) is 0 Å². The molecule has 0 bridgehead atoms. The third kappa shape index (κ3) is 3.13. The van der Waals surface area contributed by atoms with Gasteiger partial charge in [-0.1, -0.05) is 5.16 Å². The Morgan fingerprint density at radius 1 is 1.23 bits per heavy atom. The van der Waals surface area contributed by atoms with E-state index in [9.17, 15) is 9.59 Å². The smallest absolute Gasteiger partial charge is 0.257 e. The Bertz CT molecular complexity index is 783. The van der Waals surface area contributed by atoms with Gasteiger partial charge in [-0.15, -0.1) is 0 Å². The molecule has 7 heteroatoms. The monoisotopic (exact) mass is 357 g/mol. The molecule has 2 aliphatic rings. The molecule has 7 nitrogen and oxygen atoms in total. The number of hydrogen-bond acceptors (Lipinski definition) is 5. The van der Waals surface area contributed by atoms with Gasteiger partial charge in [-0.2, -0.15) is 0 Å². The molecule has 2 aromatic heterocycles. The lowest BCUT2D eigenvalue weighted by atomic mass is 9.95. The minimum Gasteiger partial charge on any atom is -0.472 e. The summed E-state index contributed by atoms with van der Waals surface area (Å²) in [4.78, 5) is 29.4. The summed E-state index contributed by atoms with van der Waals surface area (Å²) in [5.74, 6) is 0.644. The summed E-state index contributed by atoms with van der Waals surface area (Å²) in [7, 11) is 0. The lowest BCUT2D eigenvalue weighted by molar-refractivity contribution is -0.138. The third-order valence-electron chi connectivity index (χ3n) is 5.34. The van der Waals surface area contributed by atoms with Crippen molar-refractivity contribution in [2.45, 2.75) is 38.6 Å².